The molecule has 2 aliphatic carbocycles. The molecule has 4 aromatic carbocycles. The standard InChI is InChI=1S/C52H58N4O11S/c1-3-29-65-52-48(54(2)49(59)26-19-36-15-20-39(21-16-36)55(60)61)34-46(53-66-35-37-17-22-40(23-18-37)56(62)63)44-32-38(11-7-9-27-57)43(14-8-10-28-58)50(51(44)52)45-33-41(24-25-47(45)67-52)64-30-31-68-42-12-5-4-6-13-42/h3-6,12-13,15-26,32-33,38,43,48,50-51,57-58H,1,7-11,14,27-31,34-35H2,2H3. The zero-order valence-corrected chi connectivity index (χ0v) is 38.9. The van der Waals surface area contributed by atoms with Crippen LogP contribution in [0, 0.1) is 38.0 Å². The third-order valence-electron chi connectivity index (χ3n) is 12.9. The molecule has 358 valence electrons. The third-order valence-corrected chi connectivity index (χ3v) is 13.9. The van der Waals surface area contributed by atoms with Gasteiger partial charge in [0.1, 0.15) is 24.1 Å². The number of rotatable bonds is 24. The molecule has 1 saturated carbocycles. The largest absolute Gasteiger partial charge is 0.493 e. The highest BCUT2D eigenvalue weighted by molar-refractivity contribution is 7.99. The van der Waals surface area contributed by atoms with Crippen molar-refractivity contribution in [3.63, 3.8) is 0 Å². The number of thioether (sulfide) groups is 1. The molecule has 15 nitrogen and oxygen atoms in total. The summed E-state index contributed by atoms with van der Waals surface area (Å²) in [6.45, 7) is 4.67. The Hall–Kier alpha value is -6.33. The summed E-state index contributed by atoms with van der Waals surface area (Å²) in [5.41, 5.74) is 3.51. The third kappa shape index (κ3) is 11.7. The fourth-order valence-electron chi connectivity index (χ4n) is 9.70. The van der Waals surface area contributed by atoms with Crippen molar-refractivity contribution in [2.45, 2.75) is 74.2 Å². The maximum Gasteiger partial charge on any atom is 0.269 e. The Balaban J connectivity index is 1.33. The number of fused-ring (bicyclic) bond motifs is 2. The number of carbonyl (C=O) groups is 1. The maximum atomic E-state index is 14.5. The molecule has 16 heteroatoms. The molecule has 68 heavy (non-hydrogen) atoms. The van der Waals surface area contributed by atoms with Gasteiger partial charge in [0.05, 0.1) is 34.7 Å². The number of non-ortho nitro benzene ring substituents is 2. The van der Waals surface area contributed by atoms with Gasteiger partial charge in [0.2, 0.25) is 11.7 Å². The van der Waals surface area contributed by atoms with Crippen molar-refractivity contribution in [1.29, 1.82) is 0 Å². The molecule has 0 saturated heterocycles. The van der Waals surface area contributed by atoms with E-state index in [2.05, 4.69) is 30.9 Å². The highest BCUT2D eigenvalue weighted by Gasteiger charge is 2.65. The van der Waals surface area contributed by atoms with Crippen LogP contribution < -0.4 is 9.47 Å². The van der Waals surface area contributed by atoms with Crippen LogP contribution in [-0.4, -0.2) is 87.6 Å². The number of oxime groups is 1. The number of unbranched alkanes of at least 4 members (excludes halogenated alkanes) is 2. The number of hydrogen-bond acceptors (Lipinski definition) is 13. The van der Waals surface area contributed by atoms with E-state index in [9.17, 15) is 35.2 Å². The lowest BCUT2D eigenvalue weighted by molar-refractivity contribution is -0.385. The molecule has 7 rings (SSSR count). The van der Waals surface area contributed by atoms with Gasteiger partial charge in [0.15, 0.2) is 0 Å². The first-order chi connectivity index (χ1) is 33.1. The van der Waals surface area contributed by atoms with Crippen molar-refractivity contribution in [1.82, 2.24) is 4.90 Å². The molecule has 6 unspecified atom stereocenters. The number of nitrogens with zero attached hydrogens (tertiary/aromatic N) is 4. The van der Waals surface area contributed by atoms with Crippen molar-refractivity contribution in [3.05, 3.63) is 164 Å². The van der Waals surface area contributed by atoms with Gasteiger partial charge in [-0.25, -0.2) is 0 Å². The number of amides is 1. The number of aliphatic hydroxyl groups excluding tert-OH is 2. The van der Waals surface area contributed by atoms with Gasteiger partial charge in [-0.05, 0) is 115 Å². The van der Waals surface area contributed by atoms with E-state index in [0.29, 0.717) is 47.8 Å². The van der Waals surface area contributed by atoms with E-state index in [4.69, 9.17) is 24.2 Å². The van der Waals surface area contributed by atoms with E-state index < -0.39 is 27.6 Å². The Labute approximate surface area is 400 Å². The van der Waals surface area contributed by atoms with Crippen LogP contribution >= 0.6 is 11.8 Å². The lowest BCUT2D eigenvalue weighted by atomic mass is 9.55. The normalized spacial score (nSPS) is 22.1. The number of hydrogen-bond donors (Lipinski definition) is 2. The lowest BCUT2D eigenvalue weighted by Crippen LogP contribution is -2.69. The summed E-state index contributed by atoms with van der Waals surface area (Å²) >= 11 is 1.71. The van der Waals surface area contributed by atoms with Crippen LogP contribution in [0.2, 0.25) is 0 Å². The monoisotopic (exact) mass is 946 g/mol. The number of allylic oxidation sites excluding steroid dienone is 1. The number of benzene rings is 4. The fraction of sp³-hybridized carbons (Fsp3) is 0.385. The van der Waals surface area contributed by atoms with E-state index in [1.807, 2.05) is 30.3 Å². The van der Waals surface area contributed by atoms with Gasteiger partial charge in [0, 0.05) is 79.2 Å². The zero-order chi connectivity index (χ0) is 48.0. The average molecular weight is 947 g/mol. The van der Waals surface area contributed by atoms with Gasteiger partial charge in [-0.15, -0.1) is 18.3 Å². The number of likely N-dealkylation sites (N-methyl/N-ethyl adjacent to an activating group) is 1. The van der Waals surface area contributed by atoms with Gasteiger partial charge < -0.3 is 34.2 Å². The second kappa shape index (κ2) is 23.6. The molecule has 6 atom stereocenters. The Morgan fingerprint density at radius 3 is 2.31 bits per heavy atom. The number of nitro groups is 2. The minimum absolute atomic E-state index is 0.00342. The molecule has 1 amide bonds. The molecule has 0 bridgehead atoms. The quantitative estimate of drug-likeness (QED) is 0.0169. The summed E-state index contributed by atoms with van der Waals surface area (Å²) < 4.78 is 20.7. The summed E-state index contributed by atoms with van der Waals surface area (Å²) in [4.78, 5) is 45.0. The van der Waals surface area contributed by atoms with Gasteiger partial charge in [-0.1, -0.05) is 48.3 Å². The zero-order valence-electron chi connectivity index (χ0n) is 38.1. The number of ether oxygens (including phenoxy) is 3. The molecule has 0 aromatic heterocycles. The van der Waals surface area contributed by atoms with E-state index in [0.717, 1.165) is 47.5 Å². The number of carbonyl (C=O) groups excluding carboxylic acids is 1. The van der Waals surface area contributed by atoms with Gasteiger partial charge in [0.25, 0.3) is 11.4 Å². The summed E-state index contributed by atoms with van der Waals surface area (Å²) in [7, 11) is 1.69. The lowest BCUT2D eigenvalue weighted by Gasteiger charge is -2.59. The van der Waals surface area contributed by atoms with Crippen molar-refractivity contribution in [2.75, 3.05) is 39.2 Å². The van der Waals surface area contributed by atoms with Crippen LogP contribution in [0.25, 0.3) is 6.08 Å². The predicted octanol–water partition coefficient (Wildman–Crippen LogP) is 9.68. The first-order valence-electron chi connectivity index (χ1n) is 23.0. The highest BCUT2D eigenvalue weighted by Crippen LogP contribution is 2.62. The topological polar surface area (TPSA) is 196 Å². The minimum atomic E-state index is -1.49. The van der Waals surface area contributed by atoms with Gasteiger partial charge in [-0.2, -0.15) is 0 Å². The summed E-state index contributed by atoms with van der Waals surface area (Å²) in [6.07, 6.45) is 11.4. The smallest absolute Gasteiger partial charge is 0.269 e. The molecule has 1 fully saturated rings. The Morgan fingerprint density at radius 1 is 0.941 bits per heavy atom. The Kier molecular flexibility index (Phi) is 17.2. The van der Waals surface area contributed by atoms with Crippen LogP contribution in [0.5, 0.6) is 11.5 Å². The van der Waals surface area contributed by atoms with Crippen LogP contribution in [0.1, 0.15) is 67.6 Å². The Bertz CT molecular complexity index is 2470. The van der Waals surface area contributed by atoms with Crippen LogP contribution in [0.15, 0.2) is 137 Å². The first kappa shape index (κ1) is 49.6. The molecule has 3 aliphatic rings. The molecule has 4 aromatic rings. The van der Waals surface area contributed by atoms with Crippen LogP contribution in [0.3, 0.4) is 0 Å². The highest BCUT2D eigenvalue weighted by atomic mass is 32.2. The molecular formula is C52H58N4O11S. The SMILES string of the molecule is C=CCOC12Oc3ccc(OCCSc4ccccc4)cc3C3C(CCCCO)C(CCCCO)C=C(C(=NOCc4ccc([N+](=O)[O-])cc4)CC1N(C)C(=O)C=Cc1ccc([N+](=O)[O-])cc1)C32. The van der Waals surface area contributed by atoms with Crippen molar-refractivity contribution in [3.8, 4) is 11.5 Å². The second-order valence-electron chi connectivity index (χ2n) is 17.1. The maximum absolute atomic E-state index is 14.5. The first-order valence-corrected chi connectivity index (χ1v) is 24.0. The van der Waals surface area contributed by atoms with Crippen molar-refractivity contribution < 1.29 is 43.9 Å². The van der Waals surface area contributed by atoms with E-state index in [1.165, 1.54) is 30.3 Å². The summed E-state index contributed by atoms with van der Waals surface area (Å²) in [5.74, 6) is -0.694. The molecule has 1 aliphatic heterocycles. The van der Waals surface area contributed by atoms with Gasteiger partial charge >= 0.3 is 0 Å². The second-order valence-corrected chi connectivity index (χ2v) is 18.3. The molecule has 1 heterocycles. The van der Waals surface area contributed by atoms with Crippen molar-refractivity contribution >= 4 is 40.8 Å². The van der Waals surface area contributed by atoms with E-state index in [-0.39, 0.29) is 67.9 Å². The summed E-state index contributed by atoms with van der Waals surface area (Å²) in [5, 5.41) is 47.4. The molecule has 0 spiro atoms. The van der Waals surface area contributed by atoms with Crippen LogP contribution in [-0.2, 0) is 21.0 Å². The number of nitro benzene ring substituents is 2. The van der Waals surface area contributed by atoms with Crippen molar-refractivity contribution in [2.24, 2.45) is 22.9 Å². The average Bonchev–Trinajstić information content (AvgIpc) is 3.35. The number of aliphatic hydroxyl groups is 2. The minimum Gasteiger partial charge on any atom is -0.493 e. The molecule has 0 radical (unpaired) electrons. The fourth-order valence-corrected chi connectivity index (χ4v) is 10.4. The molecular weight excluding hydrogens is 889 g/mol. The Morgan fingerprint density at radius 2 is 1.63 bits per heavy atom. The van der Waals surface area contributed by atoms with Crippen LogP contribution in [0.4, 0.5) is 11.4 Å². The van der Waals surface area contributed by atoms with E-state index >= 15 is 0 Å². The summed E-state index contributed by atoms with van der Waals surface area (Å²) in [6, 6.07) is 27.2. The predicted molar refractivity (Wildman–Crippen MR) is 260 cm³/mol. The van der Waals surface area contributed by atoms with E-state index in [1.54, 1.807) is 60.1 Å². The molecule has 2 N–H and O–H groups in total. The van der Waals surface area contributed by atoms with Gasteiger partial charge in [-0.3, -0.25) is 25.0 Å².